The molecule has 0 amide bonds. The summed E-state index contributed by atoms with van der Waals surface area (Å²) in [7, 11) is 2.19. The van der Waals surface area contributed by atoms with Crippen molar-refractivity contribution < 1.29 is 0 Å². The normalized spacial score (nSPS) is 18.0. The van der Waals surface area contributed by atoms with Crippen LogP contribution in [-0.2, 0) is 13.0 Å². The summed E-state index contributed by atoms with van der Waals surface area (Å²) in [5, 5.41) is 12.2. The van der Waals surface area contributed by atoms with Crippen molar-refractivity contribution in [3.63, 3.8) is 0 Å². The number of hydrogen-bond acceptors (Lipinski definition) is 7. The van der Waals surface area contributed by atoms with E-state index in [1.54, 1.807) is 0 Å². The van der Waals surface area contributed by atoms with Crippen molar-refractivity contribution in [2.24, 2.45) is 0 Å². The van der Waals surface area contributed by atoms with E-state index in [0.29, 0.717) is 6.04 Å². The Kier molecular flexibility index (Phi) is 3.90. The van der Waals surface area contributed by atoms with E-state index in [1.807, 2.05) is 28.1 Å². The van der Waals surface area contributed by atoms with Crippen LogP contribution in [0.5, 0.6) is 0 Å². The van der Waals surface area contributed by atoms with Crippen LogP contribution in [0.15, 0.2) is 17.8 Å². The highest BCUT2D eigenvalue weighted by molar-refractivity contribution is 7.09. The third-order valence-corrected chi connectivity index (χ3v) is 6.44. The number of rotatable bonds is 6. The second kappa shape index (κ2) is 6.28. The molecule has 3 aromatic heterocycles. The maximum atomic E-state index is 4.81. The minimum absolute atomic E-state index is 0.525. The van der Waals surface area contributed by atoms with Crippen LogP contribution in [0.4, 0.5) is 5.82 Å². The Balaban J connectivity index is 1.24. The number of aromatic nitrogens is 5. The van der Waals surface area contributed by atoms with E-state index < -0.39 is 0 Å². The molecule has 1 aliphatic carbocycles. The zero-order valence-electron chi connectivity index (χ0n) is 15.2. The Morgan fingerprint density at radius 3 is 2.88 bits per heavy atom. The first kappa shape index (κ1) is 16.1. The van der Waals surface area contributed by atoms with Crippen LogP contribution in [-0.4, -0.2) is 55.6 Å². The van der Waals surface area contributed by atoms with E-state index in [1.165, 1.54) is 23.5 Å². The van der Waals surface area contributed by atoms with Crippen molar-refractivity contribution in [1.29, 1.82) is 0 Å². The highest BCUT2D eigenvalue weighted by Crippen LogP contribution is 2.41. The third-order valence-electron chi connectivity index (χ3n) is 5.39. The molecule has 4 heterocycles. The van der Waals surface area contributed by atoms with Crippen molar-refractivity contribution in [3.05, 3.63) is 34.3 Å². The van der Waals surface area contributed by atoms with Crippen LogP contribution in [0.3, 0.4) is 0 Å². The molecule has 2 fully saturated rings. The van der Waals surface area contributed by atoms with E-state index in [9.17, 15) is 0 Å². The van der Waals surface area contributed by atoms with E-state index in [2.05, 4.69) is 44.3 Å². The maximum Gasteiger partial charge on any atom is 0.203 e. The maximum absolute atomic E-state index is 4.81. The highest BCUT2D eigenvalue weighted by Gasteiger charge is 2.33. The first-order valence-electron chi connectivity index (χ1n) is 9.31. The van der Waals surface area contributed by atoms with Gasteiger partial charge in [-0.1, -0.05) is 6.92 Å². The molecule has 1 saturated heterocycles. The molecule has 0 atom stereocenters. The molecule has 0 bridgehead atoms. The van der Waals surface area contributed by atoms with Gasteiger partial charge in [-0.3, -0.25) is 9.30 Å². The van der Waals surface area contributed by atoms with Crippen molar-refractivity contribution >= 4 is 22.8 Å². The molecule has 0 aromatic carbocycles. The first-order valence-corrected chi connectivity index (χ1v) is 10.2. The van der Waals surface area contributed by atoms with Gasteiger partial charge in [0.2, 0.25) is 5.65 Å². The molecular formula is C18H23N7S. The second-order valence-electron chi connectivity index (χ2n) is 7.34. The predicted octanol–water partition coefficient (Wildman–Crippen LogP) is 2.34. The Labute approximate surface area is 156 Å². The van der Waals surface area contributed by atoms with E-state index in [-0.39, 0.29) is 0 Å². The quantitative estimate of drug-likeness (QED) is 0.665. The zero-order valence-corrected chi connectivity index (χ0v) is 16.0. The van der Waals surface area contributed by atoms with E-state index in [0.717, 1.165) is 49.3 Å². The Bertz CT molecular complexity index is 923. The molecular weight excluding hydrogens is 346 g/mol. The minimum atomic E-state index is 0.525. The van der Waals surface area contributed by atoms with Crippen molar-refractivity contribution in [3.8, 4) is 0 Å². The molecule has 136 valence electrons. The van der Waals surface area contributed by atoms with Gasteiger partial charge in [0.1, 0.15) is 5.82 Å². The number of aryl methyl sites for hydroxylation is 1. The van der Waals surface area contributed by atoms with Gasteiger partial charge in [0, 0.05) is 55.8 Å². The topological polar surface area (TPSA) is 62.5 Å². The van der Waals surface area contributed by atoms with Gasteiger partial charge in [-0.25, -0.2) is 9.97 Å². The van der Waals surface area contributed by atoms with Crippen LogP contribution < -0.4 is 4.90 Å². The number of anilines is 1. The molecule has 26 heavy (non-hydrogen) atoms. The molecule has 8 heteroatoms. The second-order valence-corrected chi connectivity index (χ2v) is 8.23. The van der Waals surface area contributed by atoms with E-state index in [4.69, 9.17) is 4.98 Å². The summed E-state index contributed by atoms with van der Waals surface area (Å²) < 4.78 is 2.05. The van der Waals surface area contributed by atoms with Gasteiger partial charge in [0.25, 0.3) is 0 Å². The third kappa shape index (κ3) is 2.77. The fourth-order valence-electron chi connectivity index (χ4n) is 3.53. The fraction of sp³-hybridized carbons (Fsp3) is 0.556. The summed E-state index contributed by atoms with van der Waals surface area (Å²) >= 11 is 1.83. The molecule has 0 spiro atoms. The van der Waals surface area contributed by atoms with Gasteiger partial charge in [-0.05, 0) is 19.9 Å². The van der Waals surface area contributed by atoms with Gasteiger partial charge >= 0.3 is 0 Å². The molecule has 3 aromatic rings. The lowest BCUT2D eigenvalue weighted by Gasteiger charge is -2.44. The first-order chi connectivity index (χ1) is 12.7. The van der Waals surface area contributed by atoms with E-state index >= 15 is 0 Å². The van der Waals surface area contributed by atoms with Crippen LogP contribution in [0.25, 0.3) is 5.65 Å². The summed E-state index contributed by atoms with van der Waals surface area (Å²) in [6.45, 7) is 4.96. The van der Waals surface area contributed by atoms with Crippen molar-refractivity contribution in [2.45, 2.75) is 44.7 Å². The van der Waals surface area contributed by atoms with Gasteiger partial charge < -0.3 is 4.90 Å². The lowest BCUT2D eigenvalue weighted by molar-refractivity contribution is 0.195. The molecule has 1 aliphatic heterocycles. The zero-order chi connectivity index (χ0) is 17.7. The summed E-state index contributed by atoms with van der Waals surface area (Å²) in [6.07, 6.45) is 7.30. The molecule has 2 aliphatic rings. The Morgan fingerprint density at radius 1 is 1.27 bits per heavy atom. The SMILES string of the molecule is CCc1nnc2c(N3CC(N(C)Cc4csc(C5CC5)n4)C3)nccn12. The summed E-state index contributed by atoms with van der Waals surface area (Å²) in [5.74, 6) is 2.67. The fourth-order valence-corrected chi connectivity index (χ4v) is 4.51. The standard InChI is InChI=1S/C18H23N7S/c1-3-15-21-22-17-16(19-6-7-25(15)17)24-9-14(10-24)23(2)8-13-11-26-18(20-13)12-4-5-12/h6-7,11-12,14H,3-5,8-10H2,1-2H3. The Hall–Kier alpha value is -2.06. The number of fused-ring (bicyclic) bond motifs is 1. The Morgan fingerprint density at radius 2 is 2.12 bits per heavy atom. The molecule has 0 unspecified atom stereocenters. The largest absolute Gasteiger partial charge is 0.350 e. The average molecular weight is 369 g/mol. The van der Waals surface area contributed by atoms with Crippen LogP contribution in [0.1, 0.15) is 42.2 Å². The van der Waals surface area contributed by atoms with Gasteiger partial charge in [0.15, 0.2) is 5.82 Å². The van der Waals surface area contributed by atoms with Crippen LogP contribution in [0.2, 0.25) is 0 Å². The smallest absolute Gasteiger partial charge is 0.203 e. The van der Waals surface area contributed by atoms with Crippen LogP contribution in [0, 0.1) is 0 Å². The highest BCUT2D eigenvalue weighted by atomic mass is 32.1. The summed E-state index contributed by atoms with van der Waals surface area (Å²) in [5.41, 5.74) is 2.07. The number of thiazole rings is 1. The molecule has 7 nitrogen and oxygen atoms in total. The lowest BCUT2D eigenvalue weighted by atomic mass is 10.1. The van der Waals surface area contributed by atoms with Gasteiger partial charge in [0.05, 0.1) is 10.7 Å². The summed E-state index contributed by atoms with van der Waals surface area (Å²) in [4.78, 5) is 14.1. The van der Waals surface area contributed by atoms with Crippen LogP contribution >= 0.6 is 11.3 Å². The molecule has 5 rings (SSSR count). The monoisotopic (exact) mass is 369 g/mol. The van der Waals surface area contributed by atoms with Gasteiger partial charge in [-0.15, -0.1) is 21.5 Å². The van der Waals surface area contributed by atoms with Crippen molar-refractivity contribution in [2.75, 3.05) is 25.0 Å². The van der Waals surface area contributed by atoms with Crippen molar-refractivity contribution in [1.82, 2.24) is 29.5 Å². The van der Waals surface area contributed by atoms with Gasteiger partial charge in [-0.2, -0.15) is 0 Å². The number of likely N-dealkylation sites (N-methyl/N-ethyl adjacent to an activating group) is 1. The number of hydrogen-bond donors (Lipinski definition) is 0. The summed E-state index contributed by atoms with van der Waals surface area (Å²) in [6, 6.07) is 0.525. The predicted molar refractivity (Wildman–Crippen MR) is 102 cm³/mol. The number of nitrogens with zero attached hydrogens (tertiary/aromatic N) is 7. The average Bonchev–Trinajstić information content (AvgIpc) is 3.20. The molecule has 0 N–H and O–H groups in total. The minimum Gasteiger partial charge on any atom is -0.350 e. The molecule has 0 radical (unpaired) electrons. The molecule has 1 saturated carbocycles. The lowest BCUT2D eigenvalue weighted by Crippen LogP contribution is -2.58.